The Morgan fingerprint density at radius 2 is 1.93 bits per heavy atom. The molecule has 2 aromatic rings. The topological polar surface area (TPSA) is 67.9 Å². The van der Waals surface area contributed by atoms with E-state index >= 15 is 0 Å². The van der Waals surface area contributed by atoms with Gasteiger partial charge in [-0.05, 0) is 25.1 Å². The van der Waals surface area contributed by atoms with Gasteiger partial charge in [0.15, 0.2) is 0 Å². The van der Waals surface area contributed by atoms with Crippen molar-refractivity contribution in [2.24, 2.45) is 0 Å². The Morgan fingerprint density at radius 3 is 2.62 bits per heavy atom. The molecule has 29 heavy (non-hydrogen) atoms. The van der Waals surface area contributed by atoms with Crippen LogP contribution in [-0.2, 0) is 9.53 Å². The Hall–Kier alpha value is -3.42. The minimum atomic E-state index is -1.05. The first-order chi connectivity index (χ1) is 13.9. The summed E-state index contributed by atoms with van der Waals surface area (Å²) in [6.45, 7) is 1.53. The van der Waals surface area contributed by atoms with E-state index in [1.54, 1.807) is 19.1 Å². The van der Waals surface area contributed by atoms with Crippen molar-refractivity contribution < 1.29 is 27.8 Å². The molecule has 8 heteroatoms. The molecule has 0 spiro atoms. The van der Waals surface area contributed by atoms with Crippen molar-refractivity contribution in [3.05, 3.63) is 77.0 Å². The number of ether oxygens (including phenoxy) is 2. The quantitative estimate of drug-likeness (QED) is 0.751. The van der Waals surface area contributed by atoms with Gasteiger partial charge in [0.25, 0.3) is 0 Å². The van der Waals surface area contributed by atoms with E-state index in [0.717, 1.165) is 0 Å². The van der Waals surface area contributed by atoms with Crippen LogP contribution in [0.3, 0.4) is 0 Å². The van der Waals surface area contributed by atoms with Crippen LogP contribution in [0.5, 0.6) is 5.75 Å². The number of nitrogens with zero attached hydrogens (tertiary/aromatic N) is 1. The van der Waals surface area contributed by atoms with Crippen LogP contribution in [-0.4, -0.2) is 37.2 Å². The van der Waals surface area contributed by atoms with E-state index in [2.05, 4.69) is 5.32 Å². The maximum Gasteiger partial charge on any atom is 0.338 e. The summed E-state index contributed by atoms with van der Waals surface area (Å²) < 4.78 is 38.6. The van der Waals surface area contributed by atoms with Crippen LogP contribution in [0.1, 0.15) is 18.5 Å². The van der Waals surface area contributed by atoms with E-state index in [-0.39, 0.29) is 35.8 Å². The van der Waals surface area contributed by atoms with Crippen molar-refractivity contribution in [3.8, 4) is 5.75 Å². The number of nitrogens with one attached hydrogen (secondary N) is 1. The third-order valence-corrected chi connectivity index (χ3v) is 4.46. The summed E-state index contributed by atoms with van der Waals surface area (Å²) in [5.74, 6) is -1.54. The molecule has 0 bridgehead atoms. The van der Waals surface area contributed by atoms with Crippen molar-refractivity contribution in [1.29, 1.82) is 0 Å². The first-order valence-electron chi connectivity index (χ1n) is 8.99. The molecule has 2 amide bonds. The van der Waals surface area contributed by atoms with E-state index in [0.29, 0.717) is 0 Å². The van der Waals surface area contributed by atoms with Gasteiger partial charge in [-0.15, -0.1) is 0 Å². The minimum absolute atomic E-state index is 0.0513. The lowest BCUT2D eigenvalue weighted by atomic mass is 9.94. The molecule has 0 aliphatic carbocycles. The number of likely N-dealkylation sites (N-methyl/N-ethyl adjacent to an activating group) is 1. The van der Waals surface area contributed by atoms with Crippen LogP contribution < -0.4 is 10.1 Å². The Morgan fingerprint density at radius 1 is 1.17 bits per heavy atom. The van der Waals surface area contributed by atoms with Gasteiger partial charge in [-0.25, -0.2) is 18.4 Å². The van der Waals surface area contributed by atoms with Gasteiger partial charge in [-0.2, -0.15) is 0 Å². The second kappa shape index (κ2) is 8.72. The Balaban J connectivity index is 2.05. The fourth-order valence-electron chi connectivity index (χ4n) is 3.03. The maximum atomic E-state index is 14.4. The van der Waals surface area contributed by atoms with Gasteiger partial charge in [-0.1, -0.05) is 24.3 Å². The van der Waals surface area contributed by atoms with Gasteiger partial charge in [0, 0.05) is 18.7 Å². The van der Waals surface area contributed by atoms with Gasteiger partial charge in [-0.3, -0.25) is 4.90 Å². The second-order valence-electron chi connectivity index (χ2n) is 6.29. The zero-order valence-electron chi connectivity index (χ0n) is 15.9. The third kappa shape index (κ3) is 4.37. The molecule has 1 aliphatic rings. The first-order valence-corrected chi connectivity index (χ1v) is 8.99. The second-order valence-corrected chi connectivity index (χ2v) is 6.29. The van der Waals surface area contributed by atoms with Crippen LogP contribution in [0, 0.1) is 11.6 Å². The van der Waals surface area contributed by atoms with Crippen LogP contribution in [0.15, 0.2) is 59.8 Å². The molecule has 152 valence electrons. The summed E-state index contributed by atoms with van der Waals surface area (Å²) in [4.78, 5) is 26.4. The number of benzene rings is 2. The summed E-state index contributed by atoms with van der Waals surface area (Å²) >= 11 is 0. The molecule has 0 saturated heterocycles. The number of hydrogen-bond acceptors (Lipinski definition) is 4. The van der Waals surface area contributed by atoms with Crippen LogP contribution in [0.4, 0.5) is 13.6 Å². The highest BCUT2D eigenvalue weighted by Gasteiger charge is 2.38. The van der Waals surface area contributed by atoms with Gasteiger partial charge < -0.3 is 14.8 Å². The number of esters is 1. The molecule has 0 saturated carbocycles. The number of hydrogen-bond donors (Lipinski definition) is 1. The van der Waals surface area contributed by atoms with Crippen LogP contribution in [0.2, 0.25) is 0 Å². The van der Waals surface area contributed by atoms with E-state index in [1.165, 1.54) is 48.3 Å². The average molecular weight is 402 g/mol. The van der Waals surface area contributed by atoms with Crippen molar-refractivity contribution in [2.75, 3.05) is 20.3 Å². The van der Waals surface area contributed by atoms with Crippen molar-refractivity contribution in [1.82, 2.24) is 10.2 Å². The molecule has 0 fully saturated rings. The van der Waals surface area contributed by atoms with Crippen molar-refractivity contribution >= 4 is 12.0 Å². The zero-order chi connectivity index (χ0) is 21.0. The molecule has 2 aromatic carbocycles. The minimum Gasteiger partial charge on any atom is -0.487 e. The fraction of sp³-hybridized carbons (Fsp3) is 0.238. The number of carbonyl (C=O) groups excluding carboxylic acids is 2. The number of rotatable bonds is 6. The number of halogens is 2. The lowest BCUT2D eigenvalue weighted by Gasteiger charge is -2.34. The smallest absolute Gasteiger partial charge is 0.338 e. The Kier molecular flexibility index (Phi) is 6.11. The van der Waals surface area contributed by atoms with E-state index in [9.17, 15) is 18.4 Å². The molecule has 1 atom stereocenters. The lowest BCUT2D eigenvalue weighted by molar-refractivity contribution is -0.139. The normalized spacial score (nSPS) is 16.5. The molecule has 6 nitrogen and oxygen atoms in total. The molecule has 1 N–H and O–H groups in total. The standard InChI is InChI=1S/C21H20F2N2O4/c1-3-28-20(26)18-17(12-29-14-8-6-7-13(22)11-14)25(2)21(27)24-19(18)15-9-4-5-10-16(15)23/h4-11,19H,3,12H2,1-2H3,(H,24,27). The summed E-state index contributed by atoms with van der Waals surface area (Å²) in [6.07, 6.45) is 0. The zero-order valence-corrected chi connectivity index (χ0v) is 15.9. The fourth-order valence-corrected chi connectivity index (χ4v) is 3.03. The molecule has 0 radical (unpaired) electrons. The predicted octanol–water partition coefficient (Wildman–Crippen LogP) is 3.56. The molecule has 1 unspecified atom stereocenters. The highest BCUT2D eigenvalue weighted by molar-refractivity contribution is 5.95. The average Bonchev–Trinajstić information content (AvgIpc) is 2.69. The molecule has 1 aliphatic heterocycles. The maximum absolute atomic E-state index is 14.4. The monoisotopic (exact) mass is 402 g/mol. The highest BCUT2D eigenvalue weighted by Crippen LogP contribution is 2.32. The highest BCUT2D eigenvalue weighted by atomic mass is 19.1. The summed E-state index contributed by atoms with van der Waals surface area (Å²) in [5, 5.41) is 2.62. The largest absolute Gasteiger partial charge is 0.487 e. The van der Waals surface area contributed by atoms with E-state index < -0.39 is 29.7 Å². The first kappa shape index (κ1) is 20.3. The molecule has 1 heterocycles. The number of amides is 2. The third-order valence-electron chi connectivity index (χ3n) is 4.46. The van der Waals surface area contributed by atoms with E-state index in [1.807, 2.05) is 0 Å². The van der Waals surface area contributed by atoms with Crippen LogP contribution in [0.25, 0.3) is 0 Å². The molecule has 3 rings (SSSR count). The number of urea groups is 1. The molecule has 0 aromatic heterocycles. The van der Waals surface area contributed by atoms with Gasteiger partial charge >= 0.3 is 12.0 Å². The van der Waals surface area contributed by atoms with Crippen molar-refractivity contribution in [3.63, 3.8) is 0 Å². The SMILES string of the molecule is CCOC(=O)C1=C(COc2cccc(F)c2)N(C)C(=O)NC1c1ccccc1F. The summed E-state index contributed by atoms with van der Waals surface area (Å²) in [7, 11) is 1.45. The van der Waals surface area contributed by atoms with Crippen LogP contribution >= 0.6 is 0 Å². The Bertz CT molecular complexity index is 961. The van der Waals surface area contributed by atoms with Gasteiger partial charge in [0.1, 0.15) is 24.0 Å². The predicted molar refractivity (Wildman–Crippen MR) is 101 cm³/mol. The number of carbonyl (C=O) groups is 2. The molecular formula is C21H20F2N2O4. The summed E-state index contributed by atoms with van der Waals surface area (Å²) in [6, 6.07) is 9.73. The van der Waals surface area contributed by atoms with Gasteiger partial charge in [0.05, 0.1) is 23.9 Å². The summed E-state index contributed by atoms with van der Waals surface area (Å²) in [5.41, 5.74) is 0.375. The Labute approximate surface area is 166 Å². The lowest BCUT2D eigenvalue weighted by Crippen LogP contribution is -2.48. The van der Waals surface area contributed by atoms with Crippen molar-refractivity contribution in [2.45, 2.75) is 13.0 Å². The van der Waals surface area contributed by atoms with Gasteiger partial charge in [0.2, 0.25) is 0 Å². The molecular weight excluding hydrogens is 382 g/mol. The van der Waals surface area contributed by atoms with E-state index in [4.69, 9.17) is 9.47 Å².